The first-order valence-corrected chi connectivity index (χ1v) is 6.11. The van der Waals surface area contributed by atoms with Crippen LogP contribution in [0.4, 0.5) is 5.82 Å². The summed E-state index contributed by atoms with van der Waals surface area (Å²) in [4.78, 5) is 14.1. The molecule has 1 amide bonds. The largest absolute Gasteiger partial charge is 0.337 e. The number of hydrazine groups is 1. The van der Waals surface area contributed by atoms with E-state index in [1.165, 1.54) is 0 Å². The lowest BCUT2D eigenvalue weighted by atomic mass is 9.84. The Hall–Kier alpha value is -1.69. The van der Waals surface area contributed by atoms with Crippen LogP contribution in [-0.4, -0.2) is 34.1 Å². The predicted molar refractivity (Wildman–Crippen MR) is 68.8 cm³/mol. The van der Waals surface area contributed by atoms with E-state index in [1.54, 1.807) is 12.1 Å². The zero-order valence-electron chi connectivity index (χ0n) is 10.8. The Balaban J connectivity index is 2.10. The summed E-state index contributed by atoms with van der Waals surface area (Å²) in [7, 11) is 0. The Morgan fingerprint density at radius 3 is 2.78 bits per heavy atom. The van der Waals surface area contributed by atoms with Gasteiger partial charge in [0.05, 0.1) is 0 Å². The van der Waals surface area contributed by atoms with Crippen LogP contribution in [0.3, 0.4) is 0 Å². The number of piperidine rings is 1. The molecule has 2 heterocycles. The molecule has 6 nitrogen and oxygen atoms in total. The maximum atomic E-state index is 12.3. The number of hydrogen-bond donors (Lipinski definition) is 2. The molecule has 0 aliphatic carbocycles. The number of likely N-dealkylation sites (tertiary alicyclic amines) is 1. The van der Waals surface area contributed by atoms with Crippen LogP contribution in [0.25, 0.3) is 0 Å². The fourth-order valence-corrected chi connectivity index (χ4v) is 2.28. The summed E-state index contributed by atoms with van der Waals surface area (Å²) >= 11 is 0. The molecule has 0 aromatic carbocycles. The molecule has 1 aromatic heterocycles. The molecule has 1 aliphatic heterocycles. The highest BCUT2D eigenvalue weighted by molar-refractivity contribution is 5.92. The number of hydrogen-bond acceptors (Lipinski definition) is 5. The molecule has 98 valence electrons. The molecule has 1 saturated heterocycles. The Morgan fingerprint density at radius 1 is 1.44 bits per heavy atom. The van der Waals surface area contributed by atoms with Gasteiger partial charge in [-0.3, -0.25) is 4.79 Å². The Labute approximate surface area is 107 Å². The second-order valence-electron chi connectivity index (χ2n) is 5.44. The quantitative estimate of drug-likeness (QED) is 0.604. The maximum absolute atomic E-state index is 12.3. The topological polar surface area (TPSA) is 84.1 Å². The van der Waals surface area contributed by atoms with E-state index in [9.17, 15) is 4.79 Å². The summed E-state index contributed by atoms with van der Waals surface area (Å²) in [5, 5.41) is 7.70. The van der Waals surface area contributed by atoms with Crippen molar-refractivity contribution in [2.24, 2.45) is 11.3 Å². The first-order valence-electron chi connectivity index (χ1n) is 6.11. The Morgan fingerprint density at radius 2 is 2.22 bits per heavy atom. The van der Waals surface area contributed by atoms with Crippen molar-refractivity contribution in [2.45, 2.75) is 26.7 Å². The average Bonchev–Trinajstić information content (AvgIpc) is 2.37. The van der Waals surface area contributed by atoms with Gasteiger partial charge in [0, 0.05) is 13.1 Å². The van der Waals surface area contributed by atoms with Crippen LogP contribution in [0.5, 0.6) is 0 Å². The minimum atomic E-state index is -0.0566. The monoisotopic (exact) mass is 249 g/mol. The van der Waals surface area contributed by atoms with Gasteiger partial charge in [-0.1, -0.05) is 13.8 Å². The molecule has 0 atom stereocenters. The van der Waals surface area contributed by atoms with Crippen molar-refractivity contribution in [2.75, 3.05) is 18.5 Å². The smallest absolute Gasteiger partial charge is 0.274 e. The van der Waals surface area contributed by atoms with Crippen LogP contribution in [-0.2, 0) is 0 Å². The van der Waals surface area contributed by atoms with E-state index in [1.807, 2.05) is 4.90 Å². The van der Waals surface area contributed by atoms with Crippen LogP contribution < -0.4 is 11.3 Å². The van der Waals surface area contributed by atoms with E-state index < -0.39 is 0 Å². The van der Waals surface area contributed by atoms with E-state index in [2.05, 4.69) is 29.5 Å². The fourth-order valence-electron chi connectivity index (χ4n) is 2.28. The van der Waals surface area contributed by atoms with E-state index in [-0.39, 0.29) is 11.3 Å². The first-order chi connectivity index (χ1) is 8.52. The van der Waals surface area contributed by atoms with Crippen molar-refractivity contribution < 1.29 is 4.79 Å². The number of nitrogens with zero attached hydrogens (tertiary/aromatic N) is 3. The SMILES string of the molecule is CC1(C)CCCN(C(=O)c2ccc(NN)nn2)C1. The molecule has 18 heavy (non-hydrogen) atoms. The van der Waals surface area contributed by atoms with Gasteiger partial charge in [-0.25, -0.2) is 5.84 Å². The number of carbonyl (C=O) groups excluding carboxylic acids is 1. The lowest BCUT2D eigenvalue weighted by molar-refractivity contribution is 0.0576. The van der Waals surface area contributed by atoms with E-state index >= 15 is 0 Å². The van der Waals surface area contributed by atoms with Crippen LogP contribution >= 0.6 is 0 Å². The van der Waals surface area contributed by atoms with Crippen LogP contribution in [0.1, 0.15) is 37.2 Å². The van der Waals surface area contributed by atoms with Gasteiger partial charge in [0.25, 0.3) is 5.91 Å². The van der Waals surface area contributed by atoms with Crippen molar-refractivity contribution >= 4 is 11.7 Å². The lowest BCUT2D eigenvalue weighted by Gasteiger charge is -2.37. The summed E-state index contributed by atoms with van der Waals surface area (Å²) < 4.78 is 0. The maximum Gasteiger partial charge on any atom is 0.274 e. The minimum Gasteiger partial charge on any atom is -0.337 e. The van der Waals surface area contributed by atoms with Crippen LogP contribution in [0.15, 0.2) is 12.1 Å². The predicted octanol–water partition coefficient (Wildman–Crippen LogP) is 1.02. The summed E-state index contributed by atoms with van der Waals surface area (Å²) in [6.07, 6.45) is 2.19. The minimum absolute atomic E-state index is 0.0566. The van der Waals surface area contributed by atoms with E-state index in [0.29, 0.717) is 11.5 Å². The number of nitrogen functional groups attached to an aromatic ring is 1. The zero-order chi connectivity index (χ0) is 13.2. The average molecular weight is 249 g/mol. The molecule has 0 bridgehead atoms. The third-order valence-corrected chi connectivity index (χ3v) is 3.22. The number of amides is 1. The lowest BCUT2D eigenvalue weighted by Crippen LogP contribution is -2.43. The normalized spacial score (nSPS) is 18.5. The van der Waals surface area contributed by atoms with Gasteiger partial charge in [-0.15, -0.1) is 10.2 Å². The fraction of sp³-hybridized carbons (Fsp3) is 0.583. The van der Waals surface area contributed by atoms with E-state index in [4.69, 9.17) is 5.84 Å². The second kappa shape index (κ2) is 4.89. The number of nitrogens with two attached hydrogens (primary N) is 1. The second-order valence-corrected chi connectivity index (χ2v) is 5.44. The molecule has 0 radical (unpaired) electrons. The number of rotatable bonds is 2. The van der Waals surface area contributed by atoms with Gasteiger partial charge in [0.15, 0.2) is 11.5 Å². The summed E-state index contributed by atoms with van der Waals surface area (Å²) in [5.74, 6) is 5.60. The van der Waals surface area contributed by atoms with Gasteiger partial charge in [0.1, 0.15) is 0 Å². The standard InChI is InChI=1S/C12H19N5O/c1-12(2)6-3-7-17(8-12)11(18)9-4-5-10(14-13)16-15-9/h4-5H,3,6-8,13H2,1-2H3,(H,14,16). The van der Waals surface area contributed by atoms with Crippen molar-refractivity contribution in [1.29, 1.82) is 0 Å². The third kappa shape index (κ3) is 2.76. The highest BCUT2D eigenvalue weighted by Crippen LogP contribution is 2.28. The van der Waals surface area contributed by atoms with Crippen molar-refractivity contribution in [1.82, 2.24) is 15.1 Å². The molecular weight excluding hydrogens is 230 g/mol. The first kappa shape index (κ1) is 12.8. The molecule has 1 aliphatic rings. The Bertz CT molecular complexity index is 429. The number of aromatic nitrogens is 2. The van der Waals surface area contributed by atoms with Crippen molar-refractivity contribution in [3.8, 4) is 0 Å². The molecule has 6 heteroatoms. The molecule has 1 aromatic rings. The number of anilines is 1. The highest BCUT2D eigenvalue weighted by atomic mass is 16.2. The molecular formula is C12H19N5O. The third-order valence-electron chi connectivity index (χ3n) is 3.22. The molecule has 0 unspecified atom stereocenters. The number of carbonyl (C=O) groups is 1. The van der Waals surface area contributed by atoms with E-state index in [0.717, 1.165) is 25.9 Å². The molecule has 1 fully saturated rings. The highest BCUT2D eigenvalue weighted by Gasteiger charge is 2.30. The molecule has 3 N–H and O–H groups in total. The number of nitrogens with one attached hydrogen (secondary N) is 1. The zero-order valence-corrected chi connectivity index (χ0v) is 10.8. The van der Waals surface area contributed by atoms with Gasteiger partial charge in [-0.05, 0) is 30.4 Å². The van der Waals surface area contributed by atoms with Crippen LogP contribution in [0, 0.1) is 5.41 Å². The Kier molecular flexibility index (Phi) is 3.47. The summed E-state index contributed by atoms with van der Waals surface area (Å²) in [6.45, 7) is 5.92. The summed E-state index contributed by atoms with van der Waals surface area (Å²) in [6, 6.07) is 3.29. The summed E-state index contributed by atoms with van der Waals surface area (Å²) in [5.41, 5.74) is 2.94. The van der Waals surface area contributed by atoms with Gasteiger partial charge < -0.3 is 10.3 Å². The van der Waals surface area contributed by atoms with Gasteiger partial charge >= 0.3 is 0 Å². The molecule has 2 rings (SSSR count). The van der Waals surface area contributed by atoms with Crippen LogP contribution in [0.2, 0.25) is 0 Å². The van der Waals surface area contributed by atoms with Crippen molar-refractivity contribution in [3.63, 3.8) is 0 Å². The van der Waals surface area contributed by atoms with Gasteiger partial charge in [-0.2, -0.15) is 0 Å². The molecule has 0 saturated carbocycles. The van der Waals surface area contributed by atoms with Crippen molar-refractivity contribution in [3.05, 3.63) is 17.8 Å². The van der Waals surface area contributed by atoms with Gasteiger partial charge in [0.2, 0.25) is 0 Å². The molecule has 0 spiro atoms.